The number of rotatable bonds is 2. The molecule has 1 aromatic rings. The van der Waals surface area contributed by atoms with Gasteiger partial charge in [-0.15, -0.1) is 5.92 Å². The van der Waals surface area contributed by atoms with Crippen LogP contribution in [0, 0.1) is 11.8 Å². The van der Waals surface area contributed by atoms with Crippen LogP contribution in [-0.2, 0) is 5.60 Å². The number of aromatic nitrogens is 2. The number of hydrogen-bond donors (Lipinski definition) is 2. The lowest BCUT2D eigenvalue weighted by Gasteiger charge is -2.33. The van der Waals surface area contributed by atoms with Crippen LogP contribution in [0.3, 0.4) is 0 Å². The smallest absolute Gasteiger partial charge is 0.376 e. The largest absolute Gasteiger partial charge is 0.421 e. The van der Waals surface area contributed by atoms with Crippen LogP contribution in [-0.4, -0.2) is 46.9 Å². The molecule has 0 aliphatic carbocycles. The Hall–Kier alpha value is -1.85. The van der Waals surface area contributed by atoms with Crippen LogP contribution in [0.4, 0.5) is 19.1 Å². The van der Waals surface area contributed by atoms with E-state index < -0.39 is 17.3 Å². The van der Waals surface area contributed by atoms with Crippen LogP contribution in [0.5, 0.6) is 0 Å². The summed E-state index contributed by atoms with van der Waals surface area (Å²) < 4.78 is 38.4. The first-order valence-electron chi connectivity index (χ1n) is 6.78. The van der Waals surface area contributed by atoms with E-state index in [4.69, 9.17) is 0 Å². The maximum atomic E-state index is 12.8. The first kappa shape index (κ1) is 16.5. The molecule has 22 heavy (non-hydrogen) atoms. The predicted molar refractivity (Wildman–Crippen MR) is 75.1 cm³/mol. The number of aliphatic hydroxyl groups is 1. The van der Waals surface area contributed by atoms with Gasteiger partial charge in [0.25, 0.3) is 0 Å². The standard InChI is InChI=1S/C14H17F3N4O/c1-3-4-11-9-18-5-6-21(11)12-19-7-10(8-20-12)13(2,22)14(15,16)17/h7-8,11,18,22H,5-6,9H2,1-2H3. The highest BCUT2D eigenvalue weighted by Crippen LogP contribution is 2.38. The molecule has 1 aliphatic heterocycles. The Morgan fingerprint density at radius 1 is 1.36 bits per heavy atom. The van der Waals surface area contributed by atoms with Gasteiger partial charge in [-0.3, -0.25) is 0 Å². The molecule has 0 amide bonds. The quantitative estimate of drug-likeness (QED) is 0.799. The first-order chi connectivity index (χ1) is 10.3. The van der Waals surface area contributed by atoms with E-state index in [-0.39, 0.29) is 6.04 Å². The monoisotopic (exact) mass is 314 g/mol. The van der Waals surface area contributed by atoms with Gasteiger partial charge < -0.3 is 15.3 Å². The van der Waals surface area contributed by atoms with E-state index in [1.165, 1.54) is 0 Å². The SMILES string of the molecule is CC#CC1CNCCN1c1ncc(C(C)(O)C(F)(F)F)cn1. The van der Waals surface area contributed by atoms with Crippen molar-refractivity contribution in [3.8, 4) is 11.8 Å². The van der Waals surface area contributed by atoms with Crippen LogP contribution < -0.4 is 10.2 Å². The van der Waals surface area contributed by atoms with Gasteiger partial charge in [0.05, 0.1) is 0 Å². The molecular weight excluding hydrogens is 297 g/mol. The zero-order valence-corrected chi connectivity index (χ0v) is 12.3. The second kappa shape index (κ2) is 6.10. The van der Waals surface area contributed by atoms with Crippen molar-refractivity contribution in [3.05, 3.63) is 18.0 Å². The Bertz CT molecular complexity index is 574. The van der Waals surface area contributed by atoms with Gasteiger partial charge in [0, 0.05) is 37.6 Å². The van der Waals surface area contributed by atoms with Crippen molar-refractivity contribution in [2.45, 2.75) is 31.7 Å². The van der Waals surface area contributed by atoms with E-state index in [0.29, 0.717) is 32.5 Å². The lowest BCUT2D eigenvalue weighted by Crippen LogP contribution is -2.51. The fourth-order valence-corrected chi connectivity index (χ4v) is 2.12. The molecule has 2 unspecified atom stereocenters. The summed E-state index contributed by atoms with van der Waals surface area (Å²) in [7, 11) is 0. The highest BCUT2D eigenvalue weighted by atomic mass is 19.4. The van der Waals surface area contributed by atoms with Crippen LogP contribution in [0.1, 0.15) is 19.4 Å². The summed E-state index contributed by atoms with van der Waals surface area (Å²) in [6.45, 7) is 4.35. The van der Waals surface area contributed by atoms with E-state index >= 15 is 0 Å². The maximum absolute atomic E-state index is 12.8. The third kappa shape index (κ3) is 3.15. The third-order valence-electron chi connectivity index (χ3n) is 3.56. The molecule has 120 valence electrons. The molecular formula is C14H17F3N4O. The second-order valence-corrected chi connectivity index (χ2v) is 5.15. The van der Waals surface area contributed by atoms with E-state index in [2.05, 4.69) is 27.1 Å². The fraction of sp³-hybridized carbons (Fsp3) is 0.571. The molecule has 2 heterocycles. The molecule has 1 saturated heterocycles. The Balaban J connectivity index is 2.26. The fourth-order valence-electron chi connectivity index (χ4n) is 2.12. The predicted octanol–water partition coefficient (Wildman–Crippen LogP) is 1.05. The summed E-state index contributed by atoms with van der Waals surface area (Å²) in [6.07, 6.45) is -2.77. The molecule has 5 nitrogen and oxygen atoms in total. The van der Waals surface area contributed by atoms with Gasteiger partial charge in [-0.05, 0) is 13.8 Å². The molecule has 0 radical (unpaired) electrons. The summed E-state index contributed by atoms with van der Waals surface area (Å²) in [4.78, 5) is 9.78. The van der Waals surface area contributed by atoms with Gasteiger partial charge >= 0.3 is 6.18 Å². The summed E-state index contributed by atoms with van der Waals surface area (Å²) in [5, 5.41) is 12.8. The van der Waals surface area contributed by atoms with Crippen molar-refractivity contribution in [3.63, 3.8) is 0 Å². The minimum absolute atomic E-state index is 0.132. The molecule has 1 fully saturated rings. The topological polar surface area (TPSA) is 61.3 Å². The van der Waals surface area contributed by atoms with E-state index in [0.717, 1.165) is 12.4 Å². The summed E-state index contributed by atoms with van der Waals surface area (Å²) in [5.41, 5.74) is -3.37. The average molecular weight is 314 g/mol. The Morgan fingerprint density at radius 2 is 2.00 bits per heavy atom. The number of alkyl halides is 3. The molecule has 8 heteroatoms. The van der Waals surface area contributed by atoms with Gasteiger partial charge in [-0.2, -0.15) is 13.2 Å². The minimum atomic E-state index is -4.79. The van der Waals surface area contributed by atoms with Crippen molar-refractivity contribution >= 4 is 5.95 Å². The molecule has 1 aromatic heterocycles. The van der Waals surface area contributed by atoms with Gasteiger partial charge in [0.1, 0.15) is 6.04 Å². The van der Waals surface area contributed by atoms with Gasteiger partial charge in [0.15, 0.2) is 5.60 Å². The first-order valence-corrected chi connectivity index (χ1v) is 6.78. The molecule has 0 spiro atoms. The number of piperazine rings is 1. The van der Waals surface area contributed by atoms with Crippen molar-refractivity contribution in [2.75, 3.05) is 24.5 Å². The normalized spacial score (nSPS) is 21.7. The van der Waals surface area contributed by atoms with Crippen molar-refractivity contribution in [2.24, 2.45) is 0 Å². The van der Waals surface area contributed by atoms with Crippen LogP contribution in [0.2, 0.25) is 0 Å². The number of nitrogens with zero attached hydrogens (tertiary/aromatic N) is 3. The molecule has 2 N–H and O–H groups in total. The van der Waals surface area contributed by atoms with Gasteiger partial charge in [0.2, 0.25) is 5.95 Å². The Labute approximate surface area is 126 Å². The van der Waals surface area contributed by atoms with Crippen LogP contribution in [0.25, 0.3) is 0 Å². The molecule has 0 aromatic carbocycles. The van der Waals surface area contributed by atoms with Crippen molar-refractivity contribution in [1.82, 2.24) is 15.3 Å². The number of anilines is 1. The molecule has 2 atom stereocenters. The summed E-state index contributed by atoms with van der Waals surface area (Å²) in [5.74, 6) is 6.12. The number of hydrogen-bond acceptors (Lipinski definition) is 5. The second-order valence-electron chi connectivity index (χ2n) is 5.15. The molecule has 0 saturated carbocycles. The summed E-state index contributed by atoms with van der Waals surface area (Å²) in [6, 6.07) is -0.132. The van der Waals surface area contributed by atoms with Crippen molar-refractivity contribution < 1.29 is 18.3 Å². The van der Waals surface area contributed by atoms with Gasteiger partial charge in [-0.25, -0.2) is 9.97 Å². The highest BCUT2D eigenvalue weighted by Gasteiger charge is 2.51. The van der Waals surface area contributed by atoms with Gasteiger partial charge in [-0.1, -0.05) is 5.92 Å². The molecule has 1 aliphatic rings. The number of nitrogens with one attached hydrogen (secondary N) is 1. The van der Waals surface area contributed by atoms with Crippen LogP contribution in [0.15, 0.2) is 12.4 Å². The minimum Gasteiger partial charge on any atom is -0.376 e. The maximum Gasteiger partial charge on any atom is 0.421 e. The summed E-state index contributed by atoms with van der Waals surface area (Å²) >= 11 is 0. The van der Waals surface area contributed by atoms with Crippen LogP contribution >= 0.6 is 0 Å². The highest BCUT2D eigenvalue weighted by molar-refractivity contribution is 5.38. The number of halogens is 3. The Morgan fingerprint density at radius 3 is 2.55 bits per heavy atom. The molecule has 0 bridgehead atoms. The molecule has 2 rings (SSSR count). The lowest BCUT2D eigenvalue weighted by molar-refractivity contribution is -0.259. The Kier molecular flexibility index (Phi) is 4.58. The van der Waals surface area contributed by atoms with E-state index in [1.807, 2.05) is 4.90 Å². The lowest BCUT2D eigenvalue weighted by atomic mass is 9.99. The average Bonchev–Trinajstić information content (AvgIpc) is 2.47. The van der Waals surface area contributed by atoms with Crippen molar-refractivity contribution in [1.29, 1.82) is 0 Å². The zero-order chi connectivity index (χ0) is 16.4. The third-order valence-corrected chi connectivity index (χ3v) is 3.56. The van der Waals surface area contributed by atoms with E-state index in [9.17, 15) is 18.3 Å². The zero-order valence-electron chi connectivity index (χ0n) is 12.3. The van der Waals surface area contributed by atoms with E-state index in [1.54, 1.807) is 6.92 Å².